The molecule has 7 heteroatoms. The van der Waals surface area contributed by atoms with E-state index in [-0.39, 0.29) is 24.7 Å². The van der Waals surface area contributed by atoms with Gasteiger partial charge in [0.05, 0.1) is 17.3 Å². The van der Waals surface area contributed by atoms with Crippen LogP contribution in [-0.2, 0) is 20.0 Å². The van der Waals surface area contributed by atoms with Crippen LogP contribution in [0.4, 0.5) is 14.5 Å². The highest BCUT2D eigenvalue weighted by Gasteiger charge is 2.57. The quantitative estimate of drug-likeness (QED) is 0.768. The molecule has 2 aliphatic rings. The molecule has 27 heavy (non-hydrogen) atoms. The van der Waals surface area contributed by atoms with E-state index in [4.69, 9.17) is 4.98 Å². The van der Waals surface area contributed by atoms with E-state index in [0.717, 1.165) is 24.2 Å². The first-order valence-electron chi connectivity index (χ1n) is 9.22. The summed E-state index contributed by atoms with van der Waals surface area (Å²) in [6.45, 7) is 0.0409. The number of aryl methyl sites for hydroxylation is 2. The van der Waals surface area contributed by atoms with Gasteiger partial charge in [-0.2, -0.15) is 0 Å². The van der Waals surface area contributed by atoms with Gasteiger partial charge in [0.15, 0.2) is 5.65 Å². The van der Waals surface area contributed by atoms with Crippen LogP contribution in [0.25, 0.3) is 11.2 Å². The molecule has 0 spiro atoms. The van der Waals surface area contributed by atoms with Gasteiger partial charge in [-0.3, -0.25) is 9.13 Å². The summed E-state index contributed by atoms with van der Waals surface area (Å²) in [5, 5.41) is 3.52. The van der Waals surface area contributed by atoms with Crippen molar-refractivity contribution in [3.8, 4) is 0 Å². The third-order valence-corrected chi connectivity index (χ3v) is 5.77. The van der Waals surface area contributed by atoms with E-state index in [9.17, 15) is 13.6 Å². The van der Waals surface area contributed by atoms with Gasteiger partial charge in [0.25, 0.3) is 5.92 Å². The minimum absolute atomic E-state index is 0.0409. The highest BCUT2D eigenvalue weighted by molar-refractivity contribution is 5.72. The summed E-state index contributed by atoms with van der Waals surface area (Å²) in [5.74, 6) is -3.40. The molecular weight excluding hydrogens is 350 g/mol. The van der Waals surface area contributed by atoms with Gasteiger partial charge < -0.3 is 5.32 Å². The Balaban J connectivity index is 1.50. The van der Waals surface area contributed by atoms with E-state index in [2.05, 4.69) is 17.4 Å². The summed E-state index contributed by atoms with van der Waals surface area (Å²) in [7, 11) is 1.65. The molecule has 1 aliphatic heterocycles. The van der Waals surface area contributed by atoms with Crippen molar-refractivity contribution in [1.82, 2.24) is 14.1 Å². The van der Waals surface area contributed by atoms with Crippen molar-refractivity contribution in [1.29, 1.82) is 0 Å². The third kappa shape index (κ3) is 2.64. The predicted octanol–water partition coefficient (Wildman–Crippen LogP) is 3.49. The average molecular weight is 370 g/mol. The van der Waals surface area contributed by atoms with Gasteiger partial charge in [-0.05, 0) is 36.6 Å². The van der Waals surface area contributed by atoms with E-state index >= 15 is 0 Å². The predicted molar refractivity (Wildman–Crippen MR) is 99.2 cm³/mol. The van der Waals surface area contributed by atoms with Crippen molar-refractivity contribution in [2.45, 2.75) is 37.8 Å². The molecule has 3 aromatic rings. The molecule has 1 aromatic carbocycles. The van der Waals surface area contributed by atoms with Crippen LogP contribution < -0.4 is 11.0 Å². The van der Waals surface area contributed by atoms with Crippen LogP contribution in [-0.4, -0.2) is 20.0 Å². The van der Waals surface area contributed by atoms with Crippen LogP contribution in [0, 0.1) is 5.92 Å². The van der Waals surface area contributed by atoms with Gasteiger partial charge in [0.2, 0.25) is 0 Å². The number of pyridine rings is 1. The summed E-state index contributed by atoms with van der Waals surface area (Å²) in [4.78, 5) is 17.2. The maximum absolute atomic E-state index is 13.3. The second kappa shape index (κ2) is 5.65. The number of halogens is 2. The summed E-state index contributed by atoms with van der Waals surface area (Å²) >= 11 is 0. The van der Waals surface area contributed by atoms with Crippen LogP contribution in [0.5, 0.6) is 0 Å². The van der Waals surface area contributed by atoms with Gasteiger partial charge in [0.1, 0.15) is 0 Å². The lowest BCUT2D eigenvalue weighted by Crippen LogP contribution is -2.23. The van der Waals surface area contributed by atoms with E-state index in [1.165, 1.54) is 14.7 Å². The Kier molecular flexibility index (Phi) is 3.44. The monoisotopic (exact) mass is 370 g/mol. The molecule has 0 saturated heterocycles. The number of hydrogen-bond donors (Lipinski definition) is 1. The van der Waals surface area contributed by atoms with Crippen molar-refractivity contribution < 1.29 is 8.78 Å². The Labute approximate surface area is 154 Å². The molecule has 1 fully saturated rings. The highest BCUT2D eigenvalue weighted by Crippen LogP contribution is 2.49. The largest absolute Gasteiger partial charge is 0.376 e. The topological polar surface area (TPSA) is 51.9 Å². The highest BCUT2D eigenvalue weighted by atomic mass is 19.3. The zero-order chi connectivity index (χ0) is 18.8. The van der Waals surface area contributed by atoms with Crippen LogP contribution in [0.15, 0.2) is 41.2 Å². The number of nitrogens with zero attached hydrogens (tertiary/aromatic N) is 3. The molecule has 2 atom stereocenters. The second-order valence-electron chi connectivity index (χ2n) is 7.59. The van der Waals surface area contributed by atoms with Crippen molar-refractivity contribution in [2.24, 2.45) is 13.0 Å². The minimum Gasteiger partial charge on any atom is -0.376 e. The number of aromatic nitrogens is 3. The molecule has 0 amide bonds. The molecule has 2 aromatic heterocycles. The van der Waals surface area contributed by atoms with Crippen molar-refractivity contribution in [3.63, 3.8) is 0 Å². The lowest BCUT2D eigenvalue weighted by Gasteiger charge is -2.26. The minimum atomic E-state index is -2.64. The Hall–Kier alpha value is -2.70. The molecular formula is C20H20F2N4O. The van der Waals surface area contributed by atoms with Crippen LogP contribution in [0.2, 0.25) is 0 Å². The molecule has 5 rings (SSSR count). The second-order valence-corrected chi connectivity index (χ2v) is 7.59. The fraction of sp³-hybridized carbons (Fsp3) is 0.400. The summed E-state index contributed by atoms with van der Waals surface area (Å²) in [6, 6.07) is 12.0. The van der Waals surface area contributed by atoms with E-state index in [0.29, 0.717) is 11.2 Å². The number of benzene rings is 1. The molecule has 1 aliphatic carbocycles. The summed E-state index contributed by atoms with van der Waals surface area (Å²) < 4.78 is 29.5. The molecule has 3 heterocycles. The van der Waals surface area contributed by atoms with E-state index in [1.54, 1.807) is 7.05 Å². The standard InChI is InChI=1S/C20H20F2N4O/c1-25-18-17(26(19(25)27)11-13-10-20(13,21)22)9-8-16(24-18)15-7-6-12-4-2-3-5-14(12)23-15/h2-5,8-9,13,15,23H,6-7,10-11H2,1H3. The summed E-state index contributed by atoms with van der Waals surface area (Å²) in [5.41, 5.74) is 4.13. The SMILES string of the molecule is Cn1c(=O)n(CC2CC2(F)F)c2ccc(C3CCc4ccccc4N3)nc21. The normalized spacial score (nSPS) is 23.1. The lowest BCUT2D eigenvalue weighted by molar-refractivity contribution is 0.0951. The van der Waals surface area contributed by atoms with Crippen molar-refractivity contribution in [2.75, 3.05) is 5.32 Å². The first kappa shape index (κ1) is 16.5. The molecule has 0 radical (unpaired) electrons. The number of anilines is 1. The number of fused-ring (bicyclic) bond motifs is 2. The first-order chi connectivity index (χ1) is 12.9. The van der Waals surface area contributed by atoms with Crippen LogP contribution in [0.1, 0.15) is 30.1 Å². The number of imidazole rings is 1. The van der Waals surface area contributed by atoms with Crippen LogP contribution in [0.3, 0.4) is 0 Å². The molecule has 1 saturated carbocycles. The molecule has 1 N–H and O–H groups in total. The Morgan fingerprint density at radius 2 is 2.04 bits per heavy atom. The number of hydrogen-bond acceptors (Lipinski definition) is 3. The smallest absolute Gasteiger partial charge is 0.330 e. The number of para-hydroxylation sites is 1. The van der Waals surface area contributed by atoms with Crippen molar-refractivity contribution >= 4 is 16.9 Å². The molecule has 140 valence electrons. The van der Waals surface area contributed by atoms with E-state index < -0.39 is 11.8 Å². The van der Waals surface area contributed by atoms with Crippen LogP contribution >= 0.6 is 0 Å². The zero-order valence-corrected chi connectivity index (χ0v) is 15.0. The maximum Gasteiger partial charge on any atom is 0.330 e. The molecule has 0 bridgehead atoms. The van der Waals surface area contributed by atoms with Gasteiger partial charge in [0, 0.05) is 31.6 Å². The lowest BCUT2D eigenvalue weighted by atomic mass is 9.96. The molecule has 5 nitrogen and oxygen atoms in total. The number of alkyl halides is 2. The Morgan fingerprint density at radius 3 is 2.81 bits per heavy atom. The maximum atomic E-state index is 13.3. The Bertz CT molecular complexity index is 1100. The van der Waals surface area contributed by atoms with Gasteiger partial charge in [-0.1, -0.05) is 18.2 Å². The first-order valence-corrected chi connectivity index (χ1v) is 9.22. The fourth-order valence-corrected chi connectivity index (χ4v) is 4.01. The molecule has 2 unspecified atom stereocenters. The van der Waals surface area contributed by atoms with E-state index in [1.807, 2.05) is 24.3 Å². The van der Waals surface area contributed by atoms with Crippen molar-refractivity contribution in [3.05, 3.63) is 58.1 Å². The fourth-order valence-electron chi connectivity index (χ4n) is 4.01. The Morgan fingerprint density at radius 1 is 1.26 bits per heavy atom. The average Bonchev–Trinajstić information content (AvgIpc) is 3.22. The number of nitrogens with one attached hydrogen (secondary N) is 1. The zero-order valence-electron chi connectivity index (χ0n) is 15.0. The third-order valence-electron chi connectivity index (χ3n) is 5.77. The van der Waals surface area contributed by atoms with Gasteiger partial charge in [-0.25, -0.2) is 18.6 Å². The number of rotatable bonds is 3. The van der Waals surface area contributed by atoms with Gasteiger partial charge >= 0.3 is 5.69 Å². The van der Waals surface area contributed by atoms with Gasteiger partial charge in [-0.15, -0.1) is 0 Å². The summed E-state index contributed by atoms with van der Waals surface area (Å²) in [6.07, 6.45) is 1.73.